The van der Waals surface area contributed by atoms with Crippen LogP contribution in [0.5, 0.6) is 17.2 Å². The highest BCUT2D eigenvalue weighted by Gasteiger charge is 2.42. The van der Waals surface area contributed by atoms with Gasteiger partial charge in [-0.1, -0.05) is 29.4 Å². The number of nitrogens with one attached hydrogen (secondary N) is 1. The maximum absolute atomic E-state index is 12.7. The fourth-order valence-corrected chi connectivity index (χ4v) is 4.22. The molecule has 2 aliphatic rings. The molecule has 0 aromatic heterocycles. The van der Waals surface area contributed by atoms with Crippen LogP contribution >= 0.6 is 23.4 Å². The molecule has 10 heteroatoms. The van der Waals surface area contributed by atoms with Crippen LogP contribution in [0.2, 0.25) is 5.02 Å². The van der Waals surface area contributed by atoms with Gasteiger partial charge >= 0.3 is 6.18 Å². The Hall–Kier alpha value is -2.39. The van der Waals surface area contributed by atoms with Gasteiger partial charge in [-0.2, -0.15) is 13.2 Å². The van der Waals surface area contributed by atoms with Gasteiger partial charge in [0.1, 0.15) is 22.5 Å². The van der Waals surface area contributed by atoms with E-state index in [-0.39, 0.29) is 34.4 Å². The standard InChI is InChI=1S/C18H11ClF3NO4S/c19-12-5-8(18(20,21)22)1-4-13(12)27-9-2-3-10-11(7-26-14(10)6-9)15-16(24)23-17(25)28-15/h1-6,11,15H,7H2,(H,23,24,25)/t11-,15?/m1/s1. The average molecular weight is 430 g/mol. The summed E-state index contributed by atoms with van der Waals surface area (Å²) < 4.78 is 49.4. The van der Waals surface area contributed by atoms with Gasteiger partial charge in [0.2, 0.25) is 5.91 Å². The number of fused-ring (bicyclic) bond motifs is 1. The first kappa shape index (κ1) is 18.9. The first-order chi connectivity index (χ1) is 13.2. The van der Waals surface area contributed by atoms with Crippen molar-refractivity contribution in [1.82, 2.24) is 5.32 Å². The molecule has 2 amide bonds. The maximum atomic E-state index is 12.7. The number of carbonyl (C=O) groups excluding carboxylic acids is 2. The number of rotatable bonds is 3. The van der Waals surface area contributed by atoms with Gasteiger partial charge in [0.05, 0.1) is 17.2 Å². The van der Waals surface area contributed by atoms with Crippen molar-refractivity contribution in [3.05, 3.63) is 52.5 Å². The first-order valence-electron chi connectivity index (χ1n) is 8.05. The number of halogens is 4. The van der Waals surface area contributed by atoms with E-state index in [1.807, 2.05) is 0 Å². The molecule has 0 saturated carbocycles. The van der Waals surface area contributed by atoms with E-state index < -0.39 is 17.0 Å². The Morgan fingerprint density at radius 3 is 2.61 bits per heavy atom. The van der Waals surface area contributed by atoms with E-state index in [4.69, 9.17) is 21.1 Å². The minimum Gasteiger partial charge on any atom is -0.492 e. The zero-order chi connectivity index (χ0) is 20.1. The van der Waals surface area contributed by atoms with Gasteiger partial charge < -0.3 is 9.47 Å². The first-order valence-corrected chi connectivity index (χ1v) is 9.31. The highest BCUT2D eigenvalue weighted by Crippen LogP contribution is 2.44. The van der Waals surface area contributed by atoms with Crippen LogP contribution in [0.4, 0.5) is 18.0 Å². The molecule has 1 N–H and O–H groups in total. The lowest BCUT2D eigenvalue weighted by molar-refractivity contribution is -0.137. The van der Waals surface area contributed by atoms with E-state index in [1.165, 1.54) is 0 Å². The van der Waals surface area contributed by atoms with Crippen molar-refractivity contribution >= 4 is 34.5 Å². The van der Waals surface area contributed by atoms with Crippen molar-refractivity contribution in [1.29, 1.82) is 0 Å². The van der Waals surface area contributed by atoms with Crippen molar-refractivity contribution in [2.75, 3.05) is 6.61 Å². The minimum absolute atomic E-state index is 0.0699. The largest absolute Gasteiger partial charge is 0.492 e. The summed E-state index contributed by atoms with van der Waals surface area (Å²) in [5.41, 5.74) is -0.111. The fourth-order valence-electron chi connectivity index (χ4n) is 3.05. The maximum Gasteiger partial charge on any atom is 0.416 e. The SMILES string of the molecule is O=C1NC(=O)C([C@@H]2COc3cc(Oc4ccc(C(F)(F)F)cc4Cl)ccc32)S1. The van der Waals surface area contributed by atoms with Crippen molar-refractivity contribution in [3.8, 4) is 17.2 Å². The smallest absolute Gasteiger partial charge is 0.416 e. The third-order valence-corrected chi connectivity index (χ3v) is 5.78. The monoisotopic (exact) mass is 429 g/mol. The lowest BCUT2D eigenvalue weighted by Crippen LogP contribution is -2.29. The molecule has 2 aliphatic heterocycles. The lowest BCUT2D eigenvalue weighted by Gasteiger charge is -2.13. The van der Waals surface area contributed by atoms with Crippen molar-refractivity contribution < 1.29 is 32.2 Å². The van der Waals surface area contributed by atoms with Crippen molar-refractivity contribution in [2.24, 2.45) is 0 Å². The molecule has 0 spiro atoms. The molecular formula is C18H11ClF3NO4S. The Morgan fingerprint density at radius 2 is 1.96 bits per heavy atom. The zero-order valence-electron chi connectivity index (χ0n) is 13.9. The molecule has 5 nitrogen and oxygen atoms in total. The van der Waals surface area contributed by atoms with E-state index in [2.05, 4.69) is 5.32 Å². The third-order valence-electron chi connectivity index (χ3n) is 4.37. The summed E-state index contributed by atoms with van der Waals surface area (Å²) in [6, 6.07) is 7.71. The van der Waals surface area contributed by atoms with Crippen LogP contribution in [0.3, 0.4) is 0 Å². The van der Waals surface area contributed by atoms with Gasteiger partial charge in [-0.05, 0) is 24.3 Å². The van der Waals surface area contributed by atoms with E-state index in [9.17, 15) is 22.8 Å². The van der Waals surface area contributed by atoms with Crippen molar-refractivity contribution in [2.45, 2.75) is 17.3 Å². The summed E-state index contributed by atoms with van der Waals surface area (Å²) in [4.78, 5) is 23.3. The number of carbonyl (C=O) groups is 2. The normalized spacial score (nSPS) is 21.3. The van der Waals surface area contributed by atoms with Crippen LogP contribution in [0.25, 0.3) is 0 Å². The molecule has 2 heterocycles. The molecule has 2 aromatic carbocycles. The van der Waals surface area contributed by atoms with E-state index in [0.29, 0.717) is 11.5 Å². The molecule has 28 heavy (non-hydrogen) atoms. The Balaban J connectivity index is 1.54. The number of alkyl halides is 3. The predicted octanol–water partition coefficient (Wildman–Crippen LogP) is 4.98. The summed E-state index contributed by atoms with van der Waals surface area (Å²) in [5.74, 6) is 0.239. The molecular weight excluding hydrogens is 419 g/mol. The molecule has 1 unspecified atom stereocenters. The molecule has 0 bridgehead atoms. The molecule has 2 atom stereocenters. The number of imide groups is 1. The van der Waals surface area contributed by atoms with Crippen LogP contribution in [0.15, 0.2) is 36.4 Å². The predicted molar refractivity (Wildman–Crippen MR) is 96.1 cm³/mol. The highest BCUT2D eigenvalue weighted by molar-refractivity contribution is 8.15. The average Bonchev–Trinajstić information content (AvgIpc) is 3.17. The summed E-state index contributed by atoms with van der Waals surface area (Å²) in [7, 11) is 0. The second kappa shape index (κ2) is 6.89. The number of benzene rings is 2. The van der Waals surface area contributed by atoms with Gasteiger partial charge in [0, 0.05) is 17.5 Å². The highest BCUT2D eigenvalue weighted by atomic mass is 35.5. The number of hydrogen-bond donors (Lipinski definition) is 1. The van der Waals surface area contributed by atoms with Crippen LogP contribution in [0, 0.1) is 0 Å². The Bertz CT molecular complexity index is 982. The van der Waals surface area contributed by atoms with E-state index in [0.717, 1.165) is 35.5 Å². The van der Waals surface area contributed by atoms with Gasteiger partial charge in [0.15, 0.2) is 0 Å². The van der Waals surface area contributed by atoms with E-state index in [1.54, 1.807) is 18.2 Å². The summed E-state index contributed by atoms with van der Waals surface area (Å²) >= 11 is 6.83. The van der Waals surface area contributed by atoms with Crippen molar-refractivity contribution in [3.63, 3.8) is 0 Å². The number of amides is 2. The fraction of sp³-hybridized carbons (Fsp3) is 0.222. The number of hydrogen-bond acceptors (Lipinski definition) is 5. The van der Waals surface area contributed by atoms with Gasteiger partial charge in [-0.15, -0.1) is 0 Å². The third kappa shape index (κ3) is 3.51. The zero-order valence-corrected chi connectivity index (χ0v) is 15.5. The topological polar surface area (TPSA) is 64.6 Å². The molecule has 1 fully saturated rings. The summed E-state index contributed by atoms with van der Waals surface area (Å²) in [5, 5.41) is 1.12. The molecule has 1 saturated heterocycles. The minimum atomic E-state index is -4.50. The number of ether oxygens (including phenoxy) is 2. The molecule has 4 rings (SSSR count). The summed E-state index contributed by atoms with van der Waals surface area (Å²) in [6.07, 6.45) is -4.50. The van der Waals surface area contributed by atoms with Crippen LogP contribution < -0.4 is 14.8 Å². The second-order valence-corrected chi connectivity index (χ2v) is 7.70. The van der Waals surface area contributed by atoms with Gasteiger partial charge in [0.25, 0.3) is 5.24 Å². The van der Waals surface area contributed by atoms with Gasteiger partial charge in [-0.25, -0.2) is 0 Å². The van der Waals surface area contributed by atoms with Crippen LogP contribution in [0.1, 0.15) is 17.0 Å². The quantitative estimate of drug-likeness (QED) is 0.745. The van der Waals surface area contributed by atoms with Crippen LogP contribution in [-0.2, 0) is 11.0 Å². The number of thioether (sulfide) groups is 1. The Kier molecular flexibility index (Phi) is 4.67. The lowest BCUT2D eigenvalue weighted by atomic mass is 9.97. The van der Waals surface area contributed by atoms with Gasteiger partial charge in [-0.3, -0.25) is 14.9 Å². The molecule has 0 aliphatic carbocycles. The second-order valence-electron chi connectivity index (χ2n) is 6.18. The molecule has 0 radical (unpaired) electrons. The molecule has 146 valence electrons. The Labute approximate surface area is 166 Å². The van der Waals surface area contributed by atoms with Crippen LogP contribution in [-0.4, -0.2) is 23.0 Å². The molecule has 2 aromatic rings. The summed E-state index contributed by atoms with van der Waals surface area (Å²) in [6.45, 7) is 0.234. The Morgan fingerprint density at radius 1 is 1.18 bits per heavy atom. The van der Waals surface area contributed by atoms with E-state index >= 15 is 0 Å².